The van der Waals surface area contributed by atoms with Gasteiger partial charge in [0, 0.05) is 28.1 Å². The first-order chi connectivity index (χ1) is 11.5. The summed E-state index contributed by atoms with van der Waals surface area (Å²) in [6.07, 6.45) is 1.39. The first-order valence-corrected chi connectivity index (χ1v) is 8.47. The second-order valence-corrected chi connectivity index (χ2v) is 6.49. The van der Waals surface area contributed by atoms with Crippen molar-refractivity contribution in [3.05, 3.63) is 75.2 Å². The van der Waals surface area contributed by atoms with E-state index in [9.17, 15) is 10.0 Å². The lowest BCUT2D eigenvalue weighted by Gasteiger charge is -2.05. The zero-order valence-corrected chi connectivity index (χ0v) is 14.4. The van der Waals surface area contributed by atoms with E-state index < -0.39 is 0 Å². The average molecular weight is 360 g/mol. The number of rotatable bonds is 4. The second-order valence-electron chi connectivity index (χ2n) is 5.20. The predicted molar refractivity (Wildman–Crippen MR) is 93.9 cm³/mol. The lowest BCUT2D eigenvalue weighted by atomic mass is 10.1. The fourth-order valence-electron chi connectivity index (χ4n) is 2.23. The number of aromatic nitrogens is 2. The molecule has 5 nitrogen and oxygen atoms in total. The smallest absolute Gasteiger partial charge is 0.271 e. The summed E-state index contributed by atoms with van der Waals surface area (Å²) in [7, 11) is 0. The normalized spacial score (nSPS) is 10.6. The number of nitrogens with one attached hydrogen (secondary N) is 1. The largest absolute Gasteiger partial charge is 0.618 e. The highest BCUT2D eigenvalue weighted by Gasteiger charge is 2.14. The summed E-state index contributed by atoms with van der Waals surface area (Å²) >= 11 is 7.36. The standard InChI is InChI=1S/C17H14ClN3O2S/c1-11-8-12(18)5-6-14(11)17-20-15(10-24-17)16(22)19-9-13-4-2-3-7-21(13)23/h2-8,10H,9H2,1H3,(H,19,22). The van der Waals surface area contributed by atoms with Crippen molar-refractivity contribution in [1.82, 2.24) is 10.3 Å². The number of halogens is 1. The number of benzene rings is 1. The van der Waals surface area contributed by atoms with Crippen LogP contribution in [0.1, 0.15) is 21.7 Å². The Morgan fingerprint density at radius 3 is 2.96 bits per heavy atom. The molecule has 0 radical (unpaired) electrons. The molecule has 0 unspecified atom stereocenters. The summed E-state index contributed by atoms with van der Waals surface area (Å²) in [6.45, 7) is 2.10. The van der Waals surface area contributed by atoms with Gasteiger partial charge in [0.05, 0.1) is 0 Å². The first kappa shape index (κ1) is 16.4. The van der Waals surface area contributed by atoms with Gasteiger partial charge < -0.3 is 10.5 Å². The first-order valence-electron chi connectivity index (χ1n) is 7.22. The minimum absolute atomic E-state index is 0.149. The molecule has 0 aliphatic heterocycles. The van der Waals surface area contributed by atoms with E-state index >= 15 is 0 Å². The van der Waals surface area contributed by atoms with Gasteiger partial charge >= 0.3 is 0 Å². The van der Waals surface area contributed by atoms with Gasteiger partial charge in [0.25, 0.3) is 5.91 Å². The summed E-state index contributed by atoms with van der Waals surface area (Å²) in [4.78, 5) is 16.6. The Kier molecular flexibility index (Phi) is 4.78. The molecular formula is C17H14ClN3O2S. The molecule has 2 aromatic heterocycles. The third-order valence-corrected chi connectivity index (χ3v) is 4.60. The van der Waals surface area contributed by atoms with Gasteiger partial charge in [-0.3, -0.25) is 4.79 Å². The van der Waals surface area contributed by atoms with Crippen LogP contribution in [-0.4, -0.2) is 10.9 Å². The Labute approximate surface area is 148 Å². The summed E-state index contributed by atoms with van der Waals surface area (Å²) in [6, 6.07) is 10.6. The van der Waals surface area contributed by atoms with Crippen LogP contribution in [0.4, 0.5) is 0 Å². The lowest BCUT2D eigenvalue weighted by Crippen LogP contribution is -2.35. The topological polar surface area (TPSA) is 68.9 Å². The van der Waals surface area contributed by atoms with Crippen molar-refractivity contribution < 1.29 is 9.52 Å². The quantitative estimate of drug-likeness (QED) is 0.573. The van der Waals surface area contributed by atoms with Crippen molar-refractivity contribution in [2.24, 2.45) is 0 Å². The molecule has 3 rings (SSSR count). The Morgan fingerprint density at radius 2 is 2.21 bits per heavy atom. The van der Waals surface area contributed by atoms with E-state index in [2.05, 4.69) is 10.3 Å². The van der Waals surface area contributed by atoms with Crippen LogP contribution >= 0.6 is 22.9 Å². The van der Waals surface area contributed by atoms with Gasteiger partial charge in [-0.25, -0.2) is 4.98 Å². The minimum atomic E-state index is -0.312. The van der Waals surface area contributed by atoms with Crippen LogP contribution in [-0.2, 0) is 6.54 Å². The molecule has 0 bridgehead atoms. The second kappa shape index (κ2) is 6.98. The van der Waals surface area contributed by atoms with E-state index in [0.717, 1.165) is 20.9 Å². The summed E-state index contributed by atoms with van der Waals surface area (Å²) < 4.78 is 0.726. The van der Waals surface area contributed by atoms with Gasteiger partial charge in [-0.05, 0) is 30.7 Å². The van der Waals surface area contributed by atoms with Gasteiger partial charge in [-0.2, -0.15) is 4.73 Å². The van der Waals surface area contributed by atoms with E-state index in [4.69, 9.17) is 11.6 Å². The lowest BCUT2D eigenvalue weighted by molar-refractivity contribution is -0.614. The van der Waals surface area contributed by atoms with Crippen molar-refractivity contribution >= 4 is 28.8 Å². The fourth-order valence-corrected chi connectivity index (χ4v) is 3.35. The van der Waals surface area contributed by atoms with Gasteiger partial charge in [0.15, 0.2) is 6.20 Å². The predicted octanol–water partition coefficient (Wildman–Crippen LogP) is 3.34. The Morgan fingerprint density at radius 1 is 1.38 bits per heavy atom. The molecule has 1 aromatic carbocycles. The highest BCUT2D eigenvalue weighted by molar-refractivity contribution is 7.13. The number of thiazole rings is 1. The molecule has 0 atom stereocenters. The highest BCUT2D eigenvalue weighted by atomic mass is 35.5. The Bertz CT molecular complexity index is 895. The van der Waals surface area contributed by atoms with Gasteiger partial charge in [0.2, 0.25) is 5.69 Å². The number of carbonyl (C=O) groups is 1. The zero-order valence-electron chi connectivity index (χ0n) is 12.8. The molecule has 0 aliphatic rings. The van der Waals surface area contributed by atoms with Crippen LogP contribution in [0, 0.1) is 12.1 Å². The number of amides is 1. The van der Waals surface area contributed by atoms with Gasteiger partial charge in [-0.15, -0.1) is 11.3 Å². The molecule has 2 heterocycles. The monoisotopic (exact) mass is 359 g/mol. The molecule has 0 aliphatic carbocycles. The van der Waals surface area contributed by atoms with Gasteiger partial charge in [-0.1, -0.05) is 17.7 Å². The Balaban J connectivity index is 1.73. The maximum Gasteiger partial charge on any atom is 0.271 e. The Hall–Kier alpha value is -2.44. The number of pyridine rings is 1. The van der Waals surface area contributed by atoms with Crippen molar-refractivity contribution in [2.45, 2.75) is 13.5 Å². The third-order valence-electron chi connectivity index (χ3n) is 3.49. The molecular weight excluding hydrogens is 346 g/mol. The van der Waals surface area contributed by atoms with Crippen molar-refractivity contribution in [3.8, 4) is 10.6 Å². The molecule has 122 valence electrons. The number of hydrogen-bond donors (Lipinski definition) is 1. The van der Waals surface area contributed by atoms with E-state index in [1.54, 1.807) is 29.6 Å². The third kappa shape index (κ3) is 3.55. The molecule has 0 saturated carbocycles. The summed E-state index contributed by atoms with van der Waals surface area (Å²) in [5.74, 6) is -0.312. The maximum atomic E-state index is 12.2. The van der Waals surface area contributed by atoms with E-state index in [-0.39, 0.29) is 12.5 Å². The average Bonchev–Trinajstić information content (AvgIpc) is 3.03. The molecule has 1 N–H and O–H groups in total. The van der Waals surface area contributed by atoms with E-state index in [1.807, 2.05) is 19.1 Å². The maximum absolute atomic E-state index is 12.2. The van der Waals surface area contributed by atoms with Crippen LogP contribution in [0.5, 0.6) is 0 Å². The summed E-state index contributed by atoms with van der Waals surface area (Å²) in [5, 5.41) is 17.4. The van der Waals surface area contributed by atoms with Crippen molar-refractivity contribution in [2.75, 3.05) is 0 Å². The van der Waals surface area contributed by atoms with Crippen LogP contribution in [0.3, 0.4) is 0 Å². The number of hydrogen-bond acceptors (Lipinski definition) is 4. The van der Waals surface area contributed by atoms with E-state index in [1.165, 1.54) is 17.5 Å². The zero-order chi connectivity index (χ0) is 17.1. The van der Waals surface area contributed by atoms with Crippen LogP contribution in [0.2, 0.25) is 5.02 Å². The molecule has 1 amide bonds. The fraction of sp³-hybridized carbons (Fsp3) is 0.118. The highest BCUT2D eigenvalue weighted by Crippen LogP contribution is 2.28. The van der Waals surface area contributed by atoms with Crippen LogP contribution < -0.4 is 10.0 Å². The number of carbonyl (C=O) groups excluding carboxylic acids is 1. The van der Waals surface area contributed by atoms with Gasteiger partial charge in [0.1, 0.15) is 17.2 Å². The molecule has 7 heteroatoms. The number of aryl methyl sites for hydroxylation is 1. The SMILES string of the molecule is Cc1cc(Cl)ccc1-c1nc(C(=O)NCc2cccc[n+]2[O-])cs1. The van der Waals surface area contributed by atoms with Crippen molar-refractivity contribution in [1.29, 1.82) is 0 Å². The van der Waals surface area contributed by atoms with Crippen molar-refractivity contribution in [3.63, 3.8) is 0 Å². The molecule has 24 heavy (non-hydrogen) atoms. The summed E-state index contributed by atoms with van der Waals surface area (Å²) in [5.41, 5.74) is 2.75. The molecule has 0 fully saturated rings. The number of nitrogens with zero attached hydrogens (tertiary/aromatic N) is 2. The molecule has 0 spiro atoms. The minimum Gasteiger partial charge on any atom is -0.618 e. The van der Waals surface area contributed by atoms with E-state index in [0.29, 0.717) is 16.4 Å². The van der Waals surface area contributed by atoms with Crippen LogP contribution in [0.25, 0.3) is 10.6 Å². The molecule has 3 aromatic rings. The van der Waals surface area contributed by atoms with Crippen LogP contribution in [0.15, 0.2) is 48.0 Å². The molecule has 0 saturated heterocycles.